The normalized spacial score (nSPS) is 11.7. The minimum Gasteiger partial charge on any atom is -0.469 e. The molecule has 3 aromatic rings. The Kier molecular flexibility index (Phi) is 7.30. The number of thiazole rings is 1. The van der Waals surface area contributed by atoms with E-state index in [1.807, 2.05) is 30.3 Å². The summed E-state index contributed by atoms with van der Waals surface area (Å²) >= 11 is 1.35. The summed E-state index contributed by atoms with van der Waals surface area (Å²) in [6, 6.07) is 15.9. The lowest BCUT2D eigenvalue weighted by atomic mass is 9.99. The maximum absolute atomic E-state index is 13.1. The molecule has 0 bridgehead atoms. The van der Waals surface area contributed by atoms with Gasteiger partial charge in [0.05, 0.1) is 23.7 Å². The first-order valence-corrected chi connectivity index (χ1v) is 10.4. The Morgan fingerprint density at radius 2 is 1.80 bits per heavy atom. The molecule has 0 fully saturated rings. The Bertz CT molecular complexity index is 1000. The molecule has 0 spiro atoms. The average molecular weight is 427 g/mol. The quantitative estimate of drug-likeness (QED) is 0.554. The van der Waals surface area contributed by atoms with Crippen molar-refractivity contribution in [3.63, 3.8) is 0 Å². The fourth-order valence-corrected chi connectivity index (χ4v) is 4.13. The second-order valence-electron chi connectivity index (χ2n) is 6.95. The van der Waals surface area contributed by atoms with Crippen LogP contribution >= 0.6 is 11.3 Å². The zero-order valence-electron chi connectivity index (χ0n) is 16.9. The molecule has 0 radical (unpaired) electrons. The molecule has 1 atom stereocenters. The van der Waals surface area contributed by atoms with Gasteiger partial charge in [-0.2, -0.15) is 0 Å². The number of methoxy groups -OCH3 is 1. The molecule has 0 aliphatic rings. The summed E-state index contributed by atoms with van der Waals surface area (Å²) in [4.78, 5) is 29.9. The standard InChI is InChI=1S/C23H23FN2O3S/c1-15-21(30-20(26-15)13-16-6-4-3-5-7-16)22(27)25-14-18(23(28)29-2)12-17-8-10-19(24)11-9-17/h3-11,18H,12-14H2,1-2H3,(H,25,27)/t18-/m0/s1. The van der Waals surface area contributed by atoms with Crippen molar-refractivity contribution in [1.82, 2.24) is 10.3 Å². The van der Waals surface area contributed by atoms with Gasteiger partial charge in [-0.1, -0.05) is 42.5 Å². The molecule has 0 aliphatic carbocycles. The van der Waals surface area contributed by atoms with Gasteiger partial charge in [0.15, 0.2) is 0 Å². The molecule has 2 aromatic carbocycles. The number of ether oxygens (including phenoxy) is 1. The predicted molar refractivity (Wildman–Crippen MR) is 114 cm³/mol. The first-order chi connectivity index (χ1) is 14.5. The van der Waals surface area contributed by atoms with Crippen molar-refractivity contribution in [3.8, 4) is 0 Å². The van der Waals surface area contributed by atoms with E-state index in [2.05, 4.69) is 10.3 Å². The first-order valence-electron chi connectivity index (χ1n) is 9.57. The number of hydrogen-bond acceptors (Lipinski definition) is 5. The van der Waals surface area contributed by atoms with Crippen molar-refractivity contribution in [2.75, 3.05) is 13.7 Å². The number of amides is 1. The maximum Gasteiger partial charge on any atom is 0.310 e. The van der Waals surface area contributed by atoms with Crippen LogP contribution in [0, 0.1) is 18.7 Å². The van der Waals surface area contributed by atoms with E-state index >= 15 is 0 Å². The fourth-order valence-electron chi connectivity index (χ4n) is 3.12. The Labute approximate surface area is 178 Å². The van der Waals surface area contributed by atoms with Crippen LogP contribution in [0.2, 0.25) is 0 Å². The van der Waals surface area contributed by atoms with Crippen LogP contribution in [0.5, 0.6) is 0 Å². The van der Waals surface area contributed by atoms with Gasteiger partial charge in [0.2, 0.25) is 0 Å². The van der Waals surface area contributed by atoms with Crippen molar-refractivity contribution < 1.29 is 18.7 Å². The van der Waals surface area contributed by atoms with E-state index < -0.39 is 11.9 Å². The molecule has 5 nitrogen and oxygen atoms in total. The van der Waals surface area contributed by atoms with Gasteiger partial charge in [-0.05, 0) is 36.6 Å². The smallest absolute Gasteiger partial charge is 0.310 e. The number of rotatable bonds is 8. The summed E-state index contributed by atoms with van der Waals surface area (Å²) in [6.45, 7) is 1.92. The highest BCUT2D eigenvalue weighted by atomic mass is 32.1. The molecule has 1 aromatic heterocycles. The SMILES string of the molecule is COC(=O)[C@H](CNC(=O)c1sc(Cc2ccccc2)nc1C)Cc1ccc(F)cc1. The highest BCUT2D eigenvalue weighted by molar-refractivity contribution is 7.13. The molecule has 0 unspecified atom stereocenters. The molecule has 1 amide bonds. The Hall–Kier alpha value is -3.06. The third-order valence-corrected chi connectivity index (χ3v) is 5.84. The van der Waals surface area contributed by atoms with Crippen LogP contribution in [0.3, 0.4) is 0 Å². The number of carbonyl (C=O) groups excluding carboxylic acids is 2. The zero-order valence-corrected chi connectivity index (χ0v) is 17.7. The third kappa shape index (κ3) is 5.73. The number of esters is 1. The van der Waals surface area contributed by atoms with Crippen LogP contribution in [0.25, 0.3) is 0 Å². The third-order valence-electron chi connectivity index (χ3n) is 4.68. The molecule has 3 rings (SSSR count). The number of halogens is 1. The van der Waals surface area contributed by atoms with E-state index in [1.165, 1.54) is 30.6 Å². The van der Waals surface area contributed by atoms with Gasteiger partial charge in [0.1, 0.15) is 10.7 Å². The van der Waals surface area contributed by atoms with Gasteiger partial charge < -0.3 is 10.1 Å². The summed E-state index contributed by atoms with van der Waals surface area (Å²) in [7, 11) is 1.31. The van der Waals surface area contributed by atoms with Crippen molar-refractivity contribution >= 4 is 23.2 Å². The largest absolute Gasteiger partial charge is 0.469 e. The fraction of sp³-hybridized carbons (Fsp3) is 0.261. The molecule has 30 heavy (non-hydrogen) atoms. The lowest BCUT2D eigenvalue weighted by Crippen LogP contribution is -2.34. The van der Waals surface area contributed by atoms with Crippen LogP contribution in [0.15, 0.2) is 54.6 Å². The van der Waals surface area contributed by atoms with Crippen molar-refractivity contribution in [1.29, 1.82) is 0 Å². The van der Waals surface area contributed by atoms with Gasteiger partial charge in [-0.3, -0.25) is 9.59 Å². The summed E-state index contributed by atoms with van der Waals surface area (Å²) < 4.78 is 18.0. The van der Waals surface area contributed by atoms with Crippen LogP contribution in [0.1, 0.15) is 31.5 Å². The number of carbonyl (C=O) groups is 2. The van der Waals surface area contributed by atoms with E-state index in [0.717, 1.165) is 16.1 Å². The first kappa shape index (κ1) is 21.6. The summed E-state index contributed by atoms with van der Waals surface area (Å²) in [5.41, 5.74) is 2.58. The topological polar surface area (TPSA) is 68.3 Å². The highest BCUT2D eigenvalue weighted by Gasteiger charge is 2.22. The maximum atomic E-state index is 13.1. The lowest BCUT2D eigenvalue weighted by molar-refractivity contribution is -0.145. The van der Waals surface area contributed by atoms with Crippen molar-refractivity contribution in [3.05, 3.63) is 87.1 Å². The average Bonchev–Trinajstić information content (AvgIpc) is 3.12. The number of nitrogens with one attached hydrogen (secondary N) is 1. The van der Waals surface area contributed by atoms with E-state index in [-0.39, 0.29) is 18.3 Å². The van der Waals surface area contributed by atoms with Crippen LogP contribution in [-0.2, 0) is 22.4 Å². The molecular formula is C23H23FN2O3S. The molecule has 0 aliphatic heterocycles. The Morgan fingerprint density at radius 3 is 2.47 bits per heavy atom. The highest BCUT2D eigenvalue weighted by Crippen LogP contribution is 2.21. The molecule has 1 N–H and O–H groups in total. The van der Waals surface area contributed by atoms with Gasteiger partial charge in [0, 0.05) is 13.0 Å². The predicted octanol–water partition coefficient (Wildman–Crippen LogP) is 3.94. The van der Waals surface area contributed by atoms with Gasteiger partial charge in [-0.25, -0.2) is 9.37 Å². The number of benzene rings is 2. The van der Waals surface area contributed by atoms with E-state index in [0.29, 0.717) is 23.4 Å². The minimum atomic E-state index is -0.568. The Balaban J connectivity index is 1.64. The van der Waals surface area contributed by atoms with Gasteiger partial charge >= 0.3 is 5.97 Å². The van der Waals surface area contributed by atoms with Gasteiger partial charge in [-0.15, -0.1) is 11.3 Å². The summed E-state index contributed by atoms with van der Waals surface area (Å²) in [6.07, 6.45) is 1.00. The van der Waals surface area contributed by atoms with Gasteiger partial charge in [0.25, 0.3) is 5.91 Å². The molecule has 7 heteroatoms. The molecule has 156 valence electrons. The van der Waals surface area contributed by atoms with Crippen LogP contribution in [-0.4, -0.2) is 30.5 Å². The monoisotopic (exact) mass is 426 g/mol. The van der Waals surface area contributed by atoms with E-state index in [9.17, 15) is 14.0 Å². The second-order valence-corrected chi connectivity index (χ2v) is 8.03. The summed E-state index contributed by atoms with van der Waals surface area (Å²) in [5, 5.41) is 3.68. The minimum absolute atomic E-state index is 0.119. The Morgan fingerprint density at radius 1 is 1.10 bits per heavy atom. The number of aryl methyl sites for hydroxylation is 1. The number of hydrogen-bond donors (Lipinski definition) is 1. The molecule has 0 saturated carbocycles. The summed E-state index contributed by atoms with van der Waals surface area (Å²) in [5.74, 6) is -1.60. The van der Waals surface area contributed by atoms with Crippen molar-refractivity contribution in [2.24, 2.45) is 5.92 Å². The molecule has 1 heterocycles. The molecule has 0 saturated heterocycles. The van der Waals surface area contributed by atoms with Crippen LogP contribution in [0.4, 0.5) is 4.39 Å². The van der Waals surface area contributed by atoms with E-state index in [1.54, 1.807) is 19.1 Å². The molecular weight excluding hydrogens is 403 g/mol. The van der Waals surface area contributed by atoms with Crippen LogP contribution < -0.4 is 5.32 Å². The number of nitrogens with zero attached hydrogens (tertiary/aromatic N) is 1. The lowest BCUT2D eigenvalue weighted by Gasteiger charge is -2.15. The second kappa shape index (κ2) is 10.1. The number of aromatic nitrogens is 1. The zero-order chi connectivity index (χ0) is 21.5. The van der Waals surface area contributed by atoms with Crippen molar-refractivity contribution in [2.45, 2.75) is 19.8 Å². The van der Waals surface area contributed by atoms with E-state index in [4.69, 9.17) is 4.74 Å².